The van der Waals surface area contributed by atoms with Crippen LogP contribution in [0.2, 0.25) is 0 Å². The molecule has 3 heteroatoms. The summed E-state index contributed by atoms with van der Waals surface area (Å²) in [4.78, 5) is 12.3. The molecule has 3 nitrogen and oxygen atoms in total. The molecule has 2 unspecified atom stereocenters. The van der Waals surface area contributed by atoms with E-state index >= 15 is 0 Å². The lowest BCUT2D eigenvalue weighted by atomic mass is 9.81. The average Bonchev–Trinajstić information content (AvgIpc) is 3.00. The zero-order valence-corrected chi connectivity index (χ0v) is 12.9. The van der Waals surface area contributed by atoms with Gasteiger partial charge in [0.2, 0.25) is 0 Å². The molecule has 19 heavy (non-hydrogen) atoms. The van der Waals surface area contributed by atoms with Crippen LogP contribution in [0.3, 0.4) is 0 Å². The predicted octanol–water partition coefficient (Wildman–Crippen LogP) is 3.85. The van der Waals surface area contributed by atoms with Gasteiger partial charge in [0, 0.05) is 0 Å². The van der Waals surface area contributed by atoms with Crippen molar-refractivity contribution in [3.8, 4) is 0 Å². The first-order valence-corrected chi connectivity index (χ1v) is 7.79. The van der Waals surface area contributed by atoms with Gasteiger partial charge < -0.3 is 9.47 Å². The summed E-state index contributed by atoms with van der Waals surface area (Å²) < 4.78 is 11.4. The van der Waals surface area contributed by atoms with Crippen LogP contribution in [0.25, 0.3) is 0 Å². The normalized spacial score (nSPS) is 36.8. The summed E-state index contributed by atoms with van der Waals surface area (Å²) >= 11 is 0. The molecule has 1 saturated heterocycles. The summed E-state index contributed by atoms with van der Waals surface area (Å²) in [6.45, 7) is 9.05. The van der Waals surface area contributed by atoms with E-state index in [1.807, 2.05) is 6.92 Å². The second-order valence-corrected chi connectivity index (χ2v) is 6.91. The van der Waals surface area contributed by atoms with Gasteiger partial charge in [0.1, 0.15) is 5.60 Å². The molecule has 0 amide bonds. The number of carbonyl (C=O) groups is 1. The second kappa shape index (κ2) is 5.08. The maximum atomic E-state index is 12.3. The molecule has 1 aliphatic carbocycles. The maximum absolute atomic E-state index is 12.3. The van der Waals surface area contributed by atoms with Gasteiger partial charge in [-0.2, -0.15) is 0 Å². The van der Waals surface area contributed by atoms with Crippen molar-refractivity contribution in [1.29, 1.82) is 0 Å². The third-order valence-electron chi connectivity index (χ3n) is 4.91. The van der Waals surface area contributed by atoms with Crippen molar-refractivity contribution in [1.82, 2.24) is 0 Å². The molecule has 0 radical (unpaired) electrons. The summed E-state index contributed by atoms with van der Waals surface area (Å²) in [7, 11) is 0. The minimum atomic E-state index is -0.627. The fourth-order valence-electron chi connectivity index (χ4n) is 3.67. The van der Waals surface area contributed by atoms with Crippen LogP contribution in [-0.4, -0.2) is 23.8 Å². The molecule has 1 spiro atoms. The van der Waals surface area contributed by atoms with E-state index in [9.17, 15) is 4.79 Å². The van der Waals surface area contributed by atoms with Crippen LogP contribution < -0.4 is 0 Å². The van der Waals surface area contributed by atoms with E-state index < -0.39 is 5.60 Å². The first-order chi connectivity index (χ1) is 8.91. The van der Waals surface area contributed by atoms with Crippen LogP contribution in [0.5, 0.6) is 0 Å². The molecule has 1 saturated carbocycles. The molecule has 0 aromatic rings. The van der Waals surface area contributed by atoms with E-state index in [1.54, 1.807) is 0 Å². The van der Waals surface area contributed by atoms with Gasteiger partial charge >= 0.3 is 5.97 Å². The summed E-state index contributed by atoms with van der Waals surface area (Å²) in [5.41, 5.74) is -0.469. The van der Waals surface area contributed by atoms with Gasteiger partial charge in [0.25, 0.3) is 0 Å². The Morgan fingerprint density at radius 1 is 1.16 bits per heavy atom. The van der Waals surface area contributed by atoms with E-state index in [1.165, 1.54) is 6.42 Å². The van der Waals surface area contributed by atoms with Crippen molar-refractivity contribution in [2.45, 2.75) is 83.8 Å². The molecule has 2 rings (SSSR count). The third kappa shape index (κ3) is 2.54. The Morgan fingerprint density at radius 3 is 2.53 bits per heavy atom. The molecule has 2 fully saturated rings. The Balaban J connectivity index is 2.14. The number of esters is 1. The molecule has 110 valence electrons. The number of hydrogen-bond acceptors (Lipinski definition) is 3. The fraction of sp³-hybridized carbons (Fsp3) is 0.938. The number of epoxide rings is 1. The van der Waals surface area contributed by atoms with Crippen molar-refractivity contribution in [3.63, 3.8) is 0 Å². The van der Waals surface area contributed by atoms with Crippen molar-refractivity contribution >= 4 is 5.97 Å². The molecule has 0 aromatic carbocycles. The molecule has 1 aliphatic heterocycles. The smallest absolute Gasteiger partial charge is 0.341 e. The lowest BCUT2D eigenvalue weighted by molar-refractivity contribution is -0.149. The summed E-state index contributed by atoms with van der Waals surface area (Å²) in [5, 5.41) is 0. The topological polar surface area (TPSA) is 38.8 Å². The third-order valence-corrected chi connectivity index (χ3v) is 4.91. The van der Waals surface area contributed by atoms with Gasteiger partial charge in [-0.3, -0.25) is 0 Å². The quantitative estimate of drug-likeness (QED) is 0.574. The standard InChI is InChI=1S/C16H28O3/c1-5-8-16(13(17)18-6-2)15(19-16)10-7-9-14(3,4)11-12-15/h5-12H2,1-4H3. The molecule has 0 aromatic heterocycles. The van der Waals surface area contributed by atoms with Crippen molar-refractivity contribution in [3.05, 3.63) is 0 Å². The molecule has 0 bridgehead atoms. The molecule has 2 atom stereocenters. The average molecular weight is 268 g/mol. The predicted molar refractivity (Wildman–Crippen MR) is 75.0 cm³/mol. The molecular weight excluding hydrogens is 240 g/mol. The van der Waals surface area contributed by atoms with Crippen molar-refractivity contribution in [2.24, 2.45) is 5.41 Å². The van der Waals surface area contributed by atoms with Gasteiger partial charge in [0.15, 0.2) is 5.60 Å². The van der Waals surface area contributed by atoms with Gasteiger partial charge in [-0.05, 0) is 50.9 Å². The Hall–Kier alpha value is -0.570. The van der Waals surface area contributed by atoms with Gasteiger partial charge in [0.05, 0.1) is 6.61 Å². The first kappa shape index (κ1) is 14.8. The summed E-state index contributed by atoms with van der Waals surface area (Å²) in [6.07, 6.45) is 7.28. The zero-order chi connectivity index (χ0) is 14.1. The van der Waals surface area contributed by atoms with Gasteiger partial charge in [-0.15, -0.1) is 0 Å². The van der Waals surface area contributed by atoms with E-state index in [2.05, 4.69) is 20.8 Å². The van der Waals surface area contributed by atoms with E-state index in [0.29, 0.717) is 12.0 Å². The van der Waals surface area contributed by atoms with Gasteiger partial charge in [-0.1, -0.05) is 27.2 Å². The second-order valence-electron chi connectivity index (χ2n) is 6.91. The maximum Gasteiger partial charge on any atom is 0.341 e. The summed E-state index contributed by atoms with van der Waals surface area (Å²) in [5.74, 6) is -0.128. The molecule has 1 heterocycles. The van der Waals surface area contributed by atoms with E-state index in [-0.39, 0.29) is 11.6 Å². The first-order valence-electron chi connectivity index (χ1n) is 7.79. The van der Waals surface area contributed by atoms with Crippen LogP contribution in [0.4, 0.5) is 0 Å². The van der Waals surface area contributed by atoms with Gasteiger partial charge in [-0.25, -0.2) is 4.79 Å². The Kier molecular flexibility index (Phi) is 3.97. The highest BCUT2D eigenvalue weighted by Gasteiger charge is 2.74. The Morgan fingerprint density at radius 2 is 1.89 bits per heavy atom. The van der Waals surface area contributed by atoms with Crippen LogP contribution >= 0.6 is 0 Å². The Bertz CT molecular complexity index is 350. The highest BCUT2D eigenvalue weighted by Crippen LogP contribution is 2.60. The highest BCUT2D eigenvalue weighted by atomic mass is 16.7. The fourth-order valence-corrected chi connectivity index (χ4v) is 3.67. The van der Waals surface area contributed by atoms with E-state index in [0.717, 1.165) is 38.5 Å². The monoisotopic (exact) mass is 268 g/mol. The molecule has 0 N–H and O–H groups in total. The molecular formula is C16H28O3. The van der Waals surface area contributed by atoms with Crippen LogP contribution in [0.15, 0.2) is 0 Å². The van der Waals surface area contributed by atoms with Crippen molar-refractivity contribution in [2.75, 3.05) is 6.61 Å². The van der Waals surface area contributed by atoms with Crippen LogP contribution in [-0.2, 0) is 14.3 Å². The minimum absolute atomic E-state index is 0.128. The SMILES string of the molecule is CCCC1(C(=O)OCC)OC12CCCC(C)(C)CC2. The number of ether oxygens (including phenoxy) is 2. The largest absolute Gasteiger partial charge is 0.464 e. The minimum Gasteiger partial charge on any atom is -0.464 e. The zero-order valence-electron chi connectivity index (χ0n) is 12.9. The lowest BCUT2D eigenvalue weighted by Crippen LogP contribution is -2.36. The molecule has 2 aliphatic rings. The number of carbonyl (C=O) groups excluding carboxylic acids is 1. The number of hydrogen-bond donors (Lipinski definition) is 0. The lowest BCUT2D eigenvalue weighted by Gasteiger charge is -2.22. The van der Waals surface area contributed by atoms with Crippen LogP contribution in [0.1, 0.15) is 72.6 Å². The van der Waals surface area contributed by atoms with E-state index in [4.69, 9.17) is 9.47 Å². The van der Waals surface area contributed by atoms with Crippen molar-refractivity contribution < 1.29 is 14.3 Å². The number of rotatable bonds is 4. The summed E-state index contributed by atoms with van der Waals surface area (Å²) in [6, 6.07) is 0. The highest BCUT2D eigenvalue weighted by molar-refractivity contribution is 5.85. The Labute approximate surface area is 117 Å². The van der Waals surface area contributed by atoms with Crippen LogP contribution in [0, 0.1) is 5.41 Å².